The highest BCUT2D eigenvalue weighted by molar-refractivity contribution is 5.94. The molecule has 0 fully saturated rings. The van der Waals surface area contributed by atoms with Gasteiger partial charge in [-0.25, -0.2) is 0 Å². The lowest BCUT2D eigenvalue weighted by molar-refractivity contribution is -0.384. The molecule has 4 nitrogen and oxygen atoms in total. The minimum Gasteiger partial charge on any atom is -0.309 e. The van der Waals surface area contributed by atoms with Crippen LogP contribution in [0.1, 0.15) is 11.1 Å². The zero-order valence-corrected chi connectivity index (χ0v) is 16.1. The van der Waals surface area contributed by atoms with E-state index in [4.69, 9.17) is 0 Å². The van der Waals surface area contributed by atoms with Gasteiger partial charge in [0.2, 0.25) is 0 Å². The minimum absolute atomic E-state index is 0.109. The van der Waals surface area contributed by atoms with Crippen molar-refractivity contribution in [3.8, 4) is 11.1 Å². The summed E-state index contributed by atoms with van der Waals surface area (Å²) in [4.78, 5) is 13.4. The van der Waals surface area contributed by atoms with Crippen molar-refractivity contribution in [3.05, 3.63) is 118 Å². The third-order valence-electron chi connectivity index (χ3n) is 5.31. The molecule has 0 N–H and O–H groups in total. The highest BCUT2D eigenvalue weighted by Gasteiger charge is 2.21. The quantitative estimate of drug-likeness (QED) is 0.241. The van der Waals surface area contributed by atoms with Crippen LogP contribution in [0.4, 0.5) is 22.7 Å². The number of nitrogens with zero attached hydrogens (tertiary/aromatic N) is 2. The van der Waals surface area contributed by atoms with E-state index in [1.165, 1.54) is 0 Å². The maximum atomic E-state index is 11.5. The normalized spacial score (nSPS) is 12.1. The summed E-state index contributed by atoms with van der Waals surface area (Å²) in [6, 6.07) is 31.4. The largest absolute Gasteiger partial charge is 0.309 e. The Balaban J connectivity index is 1.72. The van der Waals surface area contributed by atoms with Gasteiger partial charge in [0.1, 0.15) is 0 Å². The number of nitro groups is 1. The average molecular weight is 390 g/mol. The third kappa shape index (κ3) is 3.05. The molecule has 30 heavy (non-hydrogen) atoms. The summed E-state index contributed by atoms with van der Waals surface area (Å²) in [5, 5.41) is 11.5. The molecular weight excluding hydrogens is 372 g/mol. The molecule has 144 valence electrons. The van der Waals surface area contributed by atoms with Gasteiger partial charge in [-0.3, -0.25) is 10.1 Å². The fourth-order valence-corrected chi connectivity index (χ4v) is 3.93. The lowest BCUT2D eigenvalue weighted by Crippen LogP contribution is -2.11. The molecule has 0 radical (unpaired) electrons. The number of nitro benzene ring substituents is 1. The summed E-state index contributed by atoms with van der Waals surface area (Å²) in [5.41, 5.74) is 6.86. The van der Waals surface area contributed by atoms with E-state index in [9.17, 15) is 10.1 Å². The SMILES string of the molecule is O=[N+]([O-])c1ccccc1-c1ccc2c(c1)C=Cc1ccccc1N2c1ccccc1. The second kappa shape index (κ2) is 7.33. The van der Waals surface area contributed by atoms with Gasteiger partial charge in [-0.05, 0) is 53.1 Å². The summed E-state index contributed by atoms with van der Waals surface area (Å²) in [6.07, 6.45) is 4.18. The lowest BCUT2D eigenvalue weighted by Gasteiger charge is -2.27. The first kappa shape index (κ1) is 17.9. The highest BCUT2D eigenvalue weighted by Crippen LogP contribution is 2.43. The van der Waals surface area contributed by atoms with Crippen molar-refractivity contribution in [2.24, 2.45) is 0 Å². The zero-order valence-electron chi connectivity index (χ0n) is 16.1. The third-order valence-corrected chi connectivity index (χ3v) is 5.31. The number of para-hydroxylation sites is 3. The minimum atomic E-state index is -0.330. The van der Waals surface area contributed by atoms with Gasteiger partial charge in [0.15, 0.2) is 0 Å². The molecule has 1 heterocycles. The Labute approximate surface area is 174 Å². The van der Waals surface area contributed by atoms with Gasteiger partial charge in [-0.1, -0.05) is 66.7 Å². The van der Waals surface area contributed by atoms with Gasteiger partial charge in [0.25, 0.3) is 5.69 Å². The fourth-order valence-electron chi connectivity index (χ4n) is 3.93. The second-order valence-electron chi connectivity index (χ2n) is 7.11. The van der Waals surface area contributed by atoms with E-state index in [0.29, 0.717) is 5.56 Å². The summed E-state index contributed by atoms with van der Waals surface area (Å²) >= 11 is 0. The standard InChI is InChI=1S/C26H18N2O2/c29-28(30)26-13-7-5-11-23(26)20-16-17-25-21(18-20)15-14-19-8-4-6-12-24(19)27(25)22-9-2-1-3-10-22/h1-18H. The van der Waals surface area contributed by atoms with E-state index >= 15 is 0 Å². The molecule has 1 aliphatic heterocycles. The first-order chi connectivity index (χ1) is 14.7. The van der Waals surface area contributed by atoms with Crippen LogP contribution < -0.4 is 4.90 Å². The molecule has 0 unspecified atom stereocenters. The Morgan fingerprint density at radius 3 is 2.17 bits per heavy atom. The zero-order chi connectivity index (χ0) is 20.5. The molecular formula is C26H18N2O2. The number of hydrogen-bond acceptors (Lipinski definition) is 3. The average Bonchev–Trinajstić information content (AvgIpc) is 2.96. The molecule has 0 amide bonds. The van der Waals surface area contributed by atoms with Gasteiger partial charge < -0.3 is 4.90 Å². The van der Waals surface area contributed by atoms with Crippen LogP contribution in [0.15, 0.2) is 97.1 Å². The highest BCUT2D eigenvalue weighted by atomic mass is 16.6. The Morgan fingerprint density at radius 2 is 1.33 bits per heavy atom. The van der Waals surface area contributed by atoms with Crippen molar-refractivity contribution in [3.63, 3.8) is 0 Å². The van der Waals surface area contributed by atoms with Gasteiger partial charge >= 0.3 is 0 Å². The summed E-state index contributed by atoms with van der Waals surface area (Å²) in [7, 11) is 0. The summed E-state index contributed by atoms with van der Waals surface area (Å²) < 4.78 is 0. The van der Waals surface area contributed by atoms with E-state index < -0.39 is 0 Å². The maximum absolute atomic E-state index is 11.5. The van der Waals surface area contributed by atoms with Crippen LogP contribution in [0.25, 0.3) is 23.3 Å². The van der Waals surface area contributed by atoms with E-state index in [-0.39, 0.29) is 10.6 Å². The van der Waals surface area contributed by atoms with Crippen molar-refractivity contribution in [2.75, 3.05) is 4.90 Å². The monoisotopic (exact) mass is 390 g/mol. The van der Waals surface area contributed by atoms with Crippen LogP contribution in [0.3, 0.4) is 0 Å². The molecule has 1 aliphatic rings. The van der Waals surface area contributed by atoms with Crippen LogP contribution in [-0.4, -0.2) is 4.92 Å². The van der Waals surface area contributed by atoms with Crippen molar-refractivity contribution in [2.45, 2.75) is 0 Å². The molecule has 4 heteroatoms. The van der Waals surface area contributed by atoms with E-state index in [0.717, 1.165) is 33.8 Å². The van der Waals surface area contributed by atoms with Gasteiger partial charge in [0.05, 0.1) is 21.9 Å². The fraction of sp³-hybridized carbons (Fsp3) is 0. The molecule has 0 bridgehead atoms. The predicted octanol–water partition coefficient (Wildman–Crippen LogP) is 7.22. The number of rotatable bonds is 3. The van der Waals surface area contributed by atoms with E-state index in [1.54, 1.807) is 18.2 Å². The summed E-state index contributed by atoms with van der Waals surface area (Å²) in [6.45, 7) is 0. The van der Waals surface area contributed by atoms with Gasteiger partial charge in [-0.15, -0.1) is 0 Å². The smallest absolute Gasteiger partial charge is 0.277 e. The second-order valence-corrected chi connectivity index (χ2v) is 7.11. The lowest BCUT2D eigenvalue weighted by atomic mass is 9.99. The van der Waals surface area contributed by atoms with Crippen LogP contribution in [0, 0.1) is 10.1 Å². The van der Waals surface area contributed by atoms with Crippen LogP contribution in [0.5, 0.6) is 0 Å². The number of anilines is 3. The molecule has 5 rings (SSSR count). The predicted molar refractivity (Wildman–Crippen MR) is 122 cm³/mol. The van der Waals surface area contributed by atoms with Crippen LogP contribution in [-0.2, 0) is 0 Å². The topological polar surface area (TPSA) is 46.4 Å². The van der Waals surface area contributed by atoms with E-state index in [1.807, 2.05) is 54.6 Å². The Morgan fingerprint density at radius 1 is 0.667 bits per heavy atom. The Hall–Kier alpha value is -4.18. The molecule has 4 aromatic carbocycles. The van der Waals surface area contributed by atoms with Crippen molar-refractivity contribution in [1.82, 2.24) is 0 Å². The van der Waals surface area contributed by atoms with Gasteiger partial charge in [-0.2, -0.15) is 0 Å². The molecule has 0 aromatic heterocycles. The molecule has 0 aliphatic carbocycles. The number of hydrogen-bond donors (Lipinski definition) is 0. The van der Waals surface area contributed by atoms with Crippen molar-refractivity contribution in [1.29, 1.82) is 0 Å². The molecule has 0 spiro atoms. The first-order valence-electron chi connectivity index (χ1n) is 9.72. The first-order valence-corrected chi connectivity index (χ1v) is 9.72. The molecule has 4 aromatic rings. The van der Waals surface area contributed by atoms with E-state index in [2.05, 4.69) is 41.3 Å². The number of fused-ring (bicyclic) bond motifs is 2. The van der Waals surface area contributed by atoms with Crippen molar-refractivity contribution < 1.29 is 4.92 Å². The Bertz CT molecular complexity index is 1280. The molecule has 0 atom stereocenters. The Kier molecular flexibility index (Phi) is 4.37. The molecule has 0 saturated heterocycles. The maximum Gasteiger partial charge on any atom is 0.277 e. The summed E-state index contributed by atoms with van der Waals surface area (Å²) in [5.74, 6) is 0. The number of benzene rings is 4. The van der Waals surface area contributed by atoms with Crippen LogP contribution >= 0.6 is 0 Å². The van der Waals surface area contributed by atoms with Crippen LogP contribution in [0.2, 0.25) is 0 Å². The molecule has 0 saturated carbocycles. The van der Waals surface area contributed by atoms with Gasteiger partial charge in [0, 0.05) is 11.8 Å². The van der Waals surface area contributed by atoms with Crippen molar-refractivity contribution >= 4 is 34.9 Å².